The smallest absolute Gasteiger partial charge is 0.390 e. The summed E-state index contributed by atoms with van der Waals surface area (Å²) in [6.07, 6.45) is 7.93. The minimum Gasteiger partial charge on any atom is -0.390 e. The third kappa shape index (κ3) is 5.92. The summed E-state index contributed by atoms with van der Waals surface area (Å²) in [5.41, 5.74) is 6.32. The van der Waals surface area contributed by atoms with Crippen LogP contribution in [0.25, 0.3) is 28.3 Å². The van der Waals surface area contributed by atoms with Crippen molar-refractivity contribution in [1.82, 2.24) is 29.3 Å². The molecule has 0 bridgehead atoms. The molecule has 1 aliphatic carbocycles. The number of hydrogen-bond donors (Lipinski definition) is 1. The number of hydrogen-bond acceptors (Lipinski definition) is 9. The Morgan fingerprint density at radius 3 is 2.50 bits per heavy atom. The van der Waals surface area contributed by atoms with Crippen molar-refractivity contribution in [3.8, 4) is 22.5 Å². The summed E-state index contributed by atoms with van der Waals surface area (Å²) in [7, 11) is 0. The van der Waals surface area contributed by atoms with Crippen LogP contribution in [-0.2, 0) is 22.4 Å². The minimum atomic E-state index is -0.598. The van der Waals surface area contributed by atoms with Crippen LogP contribution in [0.5, 0.6) is 0 Å². The van der Waals surface area contributed by atoms with Crippen LogP contribution in [0.4, 0.5) is 0 Å². The molecule has 0 radical (unpaired) electrons. The predicted molar refractivity (Wildman–Crippen MR) is 172 cm³/mol. The largest absolute Gasteiger partial charge is 0.439 e. The number of nitrogens with zero attached hydrogens (tertiary/aromatic N) is 6. The van der Waals surface area contributed by atoms with E-state index < -0.39 is 5.76 Å². The molecule has 5 aromatic rings. The normalized spacial score (nSPS) is 19.8. The first-order chi connectivity index (χ1) is 22.5. The molecule has 1 atom stereocenters. The van der Waals surface area contributed by atoms with Gasteiger partial charge in [-0.2, -0.15) is 10.1 Å². The van der Waals surface area contributed by atoms with Gasteiger partial charge in [0.05, 0.1) is 24.1 Å². The lowest BCUT2D eigenvalue weighted by molar-refractivity contribution is -0.0447. The summed E-state index contributed by atoms with van der Waals surface area (Å²) in [5.74, 6) is 0.384. The molecule has 7 rings (SSSR count). The van der Waals surface area contributed by atoms with E-state index in [1.165, 1.54) is 0 Å². The molecule has 0 spiro atoms. The Bertz CT molecular complexity index is 1980. The highest BCUT2D eigenvalue weighted by Crippen LogP contribution is 2.32. The Labute approximate surface area is 265 Å². The number of benzene rings is 2. The summed E-state index contributed by atoms with van der Waals surface area (Å²) < 4.78 is 14.7. The molecule has 12 nitrogen and oxygen atoms in total. The van der Waals surface area contributed by atoms with Crippen LogP contribution in [0.15, 0.2) is 74.1 Å². The molecule has 4 heterocycles. The van der Waals surface area contributed by atoms with Gasteiger partial charge in [0.15, 0.2) is 11.9 Å². The monoisotopic (exact) mass is 623 g/mol. The van der Waals surface area contributed by atoms with E-state index in [0.717, 1.165) is 84.2 Å². The number of aromatic amines is 1. The van der Waals surface area contributed by atoms with Crippen molar-refractivity contribution in [1.29, 1.82) is 0 Å². The fourth-order valence-corrected chi connectivity index (χ4v) is 6.74. The van der Waals surface area contributed by atoms with E-state index in [1.54, 1.807) is 6.33 Å². The third-order valence-corrected chi connectivity index (χ3v) is 8.99. The van der Waals surface area contributed by atoms with Gasteiger partial charge in [-0.05, 0) is 55.7 Å². The first-order valence-corrected chi connectivity index (χ1v) is 16.0. The standard InChI is InChI=1S/C34H37N7O5/c1-3-6-30-29(18-22-9-11-23(12-10-22)27-7-4-5-8-28(27)31-37-34(43)46-39-31)32(42)40(33-35-20-36-41(30)33)24-13-15-25(16-14-24)44-19-26-17-21(2)38-45-26/h4-5,7-12,20,24-26H,3,6,13-19H2,1-2H3,(H,37,39,43). The summed E-state index contributed by atoms with van der Waals surface area (Å²) in [5, 5.41) is 12.5. The number of aromatic nitrogens is 6. The maximum Gasteiger partial charge on any atom is 0.439 e. The Morgan fingerprint density at radius 1 is 1.02 bits per heavy atom. The van der Waals surface area contributed by atoms with E-state index in [0.29, 0.717) is 24.6 Å². The number of aryl methyl sites for hydroxylation is 1. The molecule has 1 aliphatic heterocycles. The summed E-state index contributed by atoms with van der Waals surface area (Å²) in [4.78, 5) is 38.6. The van der Waals surface area contributed by atoms with E-state index in [1.807, 2.05) is 64.5 Å². The van der Waals surface area contributed by atoms with Gasteiger partial charge < -0.3 is 9.57 Å². The molecular formula is C34H37N7O5. The Kier molecular flexibility index (Phi) is 8.35. The first-order valence-electron chi connectivity index (χ1n) is 16.0. The zero-order valence-corrected chi connectivity index (χ0v) is 26.0. The van der Waals surface area contributed by atoms with Crippen molar-refractivity contribution in [2.24, 2.45) is 5.16 Å². The SMILES string of the molecule is CCCc1c(Cc2ccc(-c3ccccc3-c3noc(=O)[nH]3)cc2)c(=O)n(C2CCC(OCC3CC(C)=NO3)CC2)c2ncnn12. The lowest BCUT2D eigenvalue weighted by Crippen LogP contribution is -2.35. The van der Waals surface area contributed by atoms with Gasteiger partial charge in [-0.25, -0.2) is 9.31 Å². The Morgan fingerprint density at radius 2 is 1.80 bits per heavy atom. The average molecular weight is 624 g/mol. The van der Waals surface area contributed by atoms with Crippen molar-refractivity contribution < 1.29 is 14.1 Å². The lowest BCUT2D eigenvalue weighted by Gasteiger charge is -2.31. The molecule has 1 fully saturated rings. The summed E-state index contributed by atoms with van der Waals surface area (Å²) in [6.45, 7) is 4.61. The predicted octanol–water partition coefficient (Wildman–Crippen LogP) is 5.11. The van der Waals surface area contributed by atoms with Crippen molar-refractivity contribution >= 4 is 11.5 Å². The van der Waals surface area contributed by atoms with Gasteiger partial charge in [-0.1, -0.05) is 72.2 Å². The van der Waals surface area contributed by atoms with Gasteiger partial charge in [-0.3, -0.25) is 18.9 Å². The van der Waals surface area contributed by atoms with E-state index in [2.05, 4.69) is 32.3 Å². The molecule has 3 aromatic heterocycles. The fourth-order valence-electron chi connectivity index (χ4n) is 6.74. The van der Waals surface area contributed by atoms with Crippen molar-refractivity contribution in [2.45, 2.75) is 83.5 Å². The second-order valence-electron chi connectivity index (χ2n) is 12.2. The first kappa shape index (κ1) is 29.8. The zero-order chi connectivity index (χ0) is 31.6. The van der Waals surface area contributed by atoms with Crippen molar-refractivity contribution in [3.63, 3.8) is 0 Å². The number of ether oxygens (including phenoxy) is 1. The number of oxime groups is 1. The molecule has 238 valence electrons. The molecule has 1 unspecified atom stereocenters. The number of H-pyrrole nitrogens is 1. The Hall–Kier alpha value is -4.84. The molecule has 1 N–H and O–H groups in total. The summed E-state index contributed by atoms with van der Waals surface area (Å²) >= 11 is 0. The Balaban J connectivity index is 1.14. The maximum atomic E-state index is 14.4. The fraction of sp³-hybridized carbons (Fsp3) is 0.412. The van der Waals surface area contributed by atoms with Crippen LogP contribution >= 0.6 is 0 Å². The second-order valence-corrected chi connectivity index (χ2v) is 12.2. The summed E-state index contributed by atoms with van der Waals surface area (Å²) in [6, 6.07) is 15.9. The van der Waals surface area contributed by atoms with Gasteiger partial charge in [0.1, 0.15) is 6.33 Å². The van der Waals surface area contributed by atoms with E-state index in [-0.39, 0.29) is 23.8 Å². The number of rotatable bonds is 10. The van der Waals surface area contributed by atoms with Crippen molar-refractivity contribution in [2.75, 3.05) is 6.61 Å². The minimum absolute atomic E-state index is 0.00436. The zero-order valence-electron chi connectivity index (χ0n) is 26.0. The van der Waals surface area contributed by atoms with Crippen LogP contribution in [0, 0.1) is 0 Å². The van der Waals surface area contributed by atoms with Crippen LogP contribution in [0.1, 0.15) is 75.2 Å². The maximum absolute atomic E-state index is 14.4. The topological polar surface area (TPSA) is 142 Å². The third-order valence-electron chi connectivity index (χ3n) is 8.99. The van der Waals surface area contributed by atoms with Gasteiger partial charge in [0.2, 0.25) is 5.78 Å². The van der Waals surface area contributed by atoms with Gasteiger partial charge in [0.25, 0.3) is 5.56 Å². The molecule has 1 saturated carbocycles. The van der Waals surface area contributed by atoms with Crippen LogP contribution in [0.2, 0.25) is 0 Å². The van der Waals surface area contributed by atoms with Gasteiger partial charge >= 0.3 is 5.76 Å². The molecule has 0 saturated heterocycles. The highest BCUT2D eigenvalue weighted by molar-refractivity contribution is 5.82. The molecule has 0 amide bonds. The molecule has 46 heavy (non-hydrogen) atoms. The highest BCUT2D eigenvalue weighted by atomic mass is 16.7. The van der Waals surface area contributed by atoms with E-state index in [4.69, 9.17) is 14.1 Å². The van der Waals surface area contributed by atoms with Crippen LogP contribution in [0.3, 0.4) is 0 Å². The van der Waals surface area contributed by atoms with Gasteiger partial charge in [-0.15, -0.1) is 0 Å². The molecular weight excluding hydrogens is 586 g/mol. The second kappa shape index (κ2) is 12.9. The lowest BCUT2D eigenvalue weighted by atomic mass is 9.92. The van der Waals surface area contributed by atoms with Crippen LogP contribution < -0.4 is 11.3 Å². The highest BCUT2D eigenvalue weighted by Gasteiger charge is 2.29. The molecule has 2 aliphatic rings. The van der Waals surface area contributed by atoms with E-state index in [9.17, 15) is 9.59 Å². The molecule has 2 aromatic carbocycles. The average Bonchev–Trinajstić information content (AvgIpc) is 3.84. The number of nitrogens with one attached hydrogen (secondary N) is 1. The van der Waals surface area contributed by atoms with Crippen LogP contribution in [-0.4, -0.2) is 53.8 Å². The number of fused-ring (bicyclic) bond motifs is 1. The quantitative estimate of drug-likeness (QED) is 0.226. The molecule has 12 heteroatoms. The van der Waals surface area contributed by atoms with E-state index >= 15 is 0 Å². The van der Waals surface area contributed by atoms with Gasteiger partial charge in [0, 0.05) is 30.0 Å². The van der Waals surface area contributed by atoms with Crippen molar-refractivity contribution in [3.05, 3.63) is 92.6 Å².